The number of nitrogens with zero attached hydrogens (tertiary/aromatic N) is 2. The Morgan fingerprint density at radius 1 is 1.16 bits per heavy atom. The quantitative estimate of drug-likeness (QED) is 0.354. The number of benzene rings is 2. The minimum atomic E-state index is -0.948. The van der Waals surface area contributed by atoms with Gasteiger partial charge in [0.2, 0.25) is 11.8 Å². The molecule has 1 heterocycles. The number of ether oxygens (including phenoxy) is 1. The molecular formula is C29H34ClFN2O5. The fourth-order valence-corrected chi connectivity index (χ4v) is 5.61. The Labute approximate surface area is 227 Å². The Morgan fingerprint density at radius 2 is 1.87 bits per heavy atom. The van der Waals surface area contributed by atoms with Gasteiger partial charge in [-0.25, -0.2) is 4.39 Å². The van der Waals surface area contributed by atoms with Gasteiger partial charge in [-0.15, -0.1) is 0 Å². The predicted octanol–water partition coefficient (Wildman–Crippen LogP) is 5.52. The summed E-state index contributed by atoms with van der Waals surface area (Å²) in [6, 6.07) is 9.83. The zero-order valence-corrected chi connectivity index (χ0v) is 22.4. The van der Waals surface area contributed by atoms with E-state index in [4.69, 9.17) is 16.3 Å². The highest BCUT2D eigenvalue weighted by Crippen LogP contribution is 2.34. The zero-order chi connectivity index (χ0) is 27.2. The molecule has 1 N–H and O–H groups in total. The third kappa shape index (κ3) is 7.11. The Bertz CT molecular complexity index is 1170. The second-order valence-corrected chi connectivity index (χ2v) is 10.7. The standard InChI is InChI=1S/C29H34ClFN2O5/c1-19-14-21(6-9-26(19)38-13-12-33-27(34)10-11-28(33)35)18-32(17-20-4-2-3-5-20)25(16-29(36)37)22-7-8-23(30)24(31)15-22/h6-9,14-15,20,25H,2-5,10-13,16-18H2,1H3,(H,36,37)/t25-/m0/s1. The first-order chi connectivity index (χ1) is 18.2. The molecule has 2 aromatic rings. The van der Waals surface area contributed by atoms with Gasteiger partial charge in [-0.3, -0.25) is 24.2 Å². The highest BCUT2D eigenvalue weighted by molar-refractivity contribution is 6.30. The summed E-state index contributed by atoms with van der Waals surface area (Å²) in [5.41, 5.74) is 2.48. The third-order valence-electron chi connectivity index (χ3n) is 7.46. The Kier molecular flexibility index (Phi) is 9.39. The molecule has 7 nitrogen and oxygen atoms in total. The van der Waals surface area contributed by atoms with Crippen molar-refractivity contribution in [1.29, 1.82) is 0 Å². The number of halogens is 2. The number of imide groups is 1. The number of carboxylic acid groups (broad SMARTS) is 1. The Hall–Kier alpha value is -2.97. The maximum absolute atomic E-state index is 14.4. The van der Waals surface area contributed by atoms with Gasteiger partial charge in [0.15, 0.2) is 0 Å². The van der Waals surface area contributed by atoms with Gasteiger partial charge in [0.05, 0.1) is 18.0 Å². The van der Waals surface area contributed by atoms with Gasteiger partial charge in [-0.1, -0.05) is 42.6 Å². The fourth-order valence-electron chi connectivity index (χ4n) is 5.49. The molecule has 0 aromatic heterocycles. The number of carbonyl (C=O) groups is 3. The lowest BCUT2D eigenvalue weighted by Crippen LogP contribution is -2.34. The van der Waals surface area contributed by atoms with Crippen LogP contribution in [0.3, 0.4) is 0 Å². The molecule has 2 amide bonds. The summed E-state index contributed by atoms with van der Waals surface area (Å²) in [4.78, 5) is 38.9. The van der Waals surface area contributed by atoms with Crippen LogP contribution in [0.4, 0.5) is 4.39 Å². The molecule has 0 unspecified atom stereocenters. The maximum Gasteiger partial charge on any atom is 0.305 e. The summed E-state index contributed by atoms with van der Waals surface area (Å²) in [6.07, 6.45) is 4.89. The highest BCUT2D eigenvalue weighted by atomic mass is 35.5. The highest BCUT2D eigenvalue weighted by Gasteiger charge is 2.29. The van der Waals surface area contributed by atoms with Crippen molar-refractivity contribution in [2.45, 2.75) is 64.5 Å². The summed E-state index contributed by atoms with van der Waals surface area (Å²) >= 11 is 5.90. The van der Waals surface area contributed by atoms with Crippen LogP contribution in [0.25, 0.3) is 0 Å². The van der Waals surface area contributed by atoms with Crippen molar-refractivity contribution in [3.05, 3.63) is 63.9 Å². The van der Waals surface area contributed by atoms with Crippen molar-refractivity contribution in [2.75, 3.05) is 19.7 Å². The van der Waals surface area contributed by atoms with Gasteiger partial charge in [-0.05, 0) is 60.6 Å². The molecule has 2 fully saturated rings. The second kappa shape index (κ2) is 12.7. The number of likely N-dealkylation sites (tertiary alicyclic amines) is 1. The number of carbonyl (C=O) groups excluding carboxylic acids is 2. The maximum atomic E-state index is 14.4. The van der Waals surface area contributed by atoms with Crippen LogP contribution in [-0.4, -0.2) is 52.4 Å². The fraction of sp³-hybridized carbons (Fsp3) is 0.483. The van der Waals surface area contributed by atoms with E-state index < -0.39 is 17.8 Å². The van der Waals surface area contributed by atoms with Gasteiger partial charge in [-0.2, -0.15) is 0 Å². The van der Waals surface area contributed by atoms with Crippen molar-refractivity contribution in [2.24, 2.45) is 5.92 Å². The van der Waals surface area contributed by atoms with Gasteiger partial charge >= 0.3 is 5.97 Å². The molecule has 204 valence electrons. The number of amides is 2. The second-order valence-electron chi connectivity index (χ2n) is 10.3. The predicted molar refractivity (Wildman–Crippen MR) is 141 cm³/mol. The van der Waals surface area contributed by atoms with E-state index in [0.717, 1.165) is 43.4 Å². The smallest absolute Gasteiger partial charge is 0.305 e. The molecule has 1 aliphatic heterocycles. The van der Waals surface area contributed by atoms with E-state index in [1.54, 1.807) is 6.07 Å². The third-order valence-corrected chi connectivity index (χ3v) is 7.76. The average Bonchev–Trinajstić information content (AvgIpc) is 3.50. The summed E-state index contributed by atoms with van der Waals surface area (Å²) in [5.74, 6) is -0.707. The molecule has 1 saturated carbocycles. The average molecular weight is 545 g/mol. The van der Waals surface area contributed by atoms with Crippen LogP contribution >= 0.6 is 11.6 Å². The molecule has 1 atom stereocenters. The summed E-state index contributed by atoms with van der Waals surface area (Å²) in [7, 11) is 0. The van der Waals surface area contributed by atoms with Crippen LogP contribution in [0, 0.1) is 18.7 Å². The van der Waals surface area contributed by atoms with Gasteiger partial charge < -0.3 is 9.84 Å². The lowest BCUT2D eigenvalue weighted by atomic mass is 9.98. The SMILES string of the molecule is Cc1cc(CN(CC2CCCC2)[C@@H](CC(=O)O)c2ccc(Cl)c(F)c2)ccc1OCCN1C(=O)CCC1=O. The molecule has 2 aliphatic rings. The van der Waals surface area contributed by atoms with Gasteiger partial charge in [0.1, 0.15) is 18.2 Å². The van der Waals surface area contributed by atoms with Crippen LogP contribution in [0.2, 0.25) is 5.02 Å². The Balaban J connectivity index is 1.50. The minimum absolute atomic E-state index is 0.00912. The van der Waals surface area contributed by atoms with E-state index in [0.29, 0.717) is 23.8 Å². The number of hydrogen-bond donors (Lipinski definition) is 1. The first-order valence-electron chi connectivity index (χ1n) is 13.2. The van der Waals surface area contributed by atoms with Gasteiger partial charge in [0.25, 0.3) is 0 Å². The molecule has 9 heteroatoms. The van der Waals surface area contributed by atoms with Gasteiger partial charge in [0, 0.05) is 32.0 Å². The van der Waals surface area contributed by atoms with Crippen LogP contribution in [0.15, 0.2) is 36.4 Å². The monoisotopic (exact) mass is 544 g/mol. The van der Waals surface area contributed by atoms with E-state index >= 15 is 0 Å². The molecule has 0 radical (unpaired) electrons. The Morgan fingerprint density at radius 3 is 2.50 bits per heavy atom. The van der Waals surface area contributed by atoms with Crippen molar-refractivity contribution in [1.82, 2.24) is 9.80 Å². The number of aliphatic carboxylic acids is 1. The first-order valence-corrected chi connectivity index (χ1v) is 13.6. The molecule has 38 heavy (non-hydrogen) atoms. The van der Waals surface area contributed by atoms with Crippen molar-refractivity contribution < 1.29 is 28.6 Å². The van der Waals surface area contributed by atoms with Crippen molar-refractivity contribution >= 4 is 29.4 Å². The molecule has 0 spiro atoms. The van der Waals surface area contributed by atoms with E-state index in [-0.39, 0.29) is 49.3 Å². The molecule has 0 bridgehead atoms. The van der Waals surface area contributed by atoms with E-state index in [2.05, 4.69) is 4.90 Å². The number of aryl methyl sites for hydroxylation is 1. The van der Waals surface area contributed by atoms with E-state index in [9.17, 15) is 23.9 Å². The lowest BCUT2D eigenvalue weighted by molar-refractivity contribution is -0.140. The number of carboxylic acids is 1. The normalized spacial score (nSPS) is 17.0. The largest absolute Gasteiger partial charge is 0.491 e. The molecule has 1 saturated heterocycles. The number of rotatable bonds is 12. The van der Waals surface area contributed by atoms with Crippen molar-refractivity contribution in [3.63, 3.8) is 0 Å². The zero-order valence-electron chi connectivity index (χ0n) is 21.6. The minimum Gasteiger partial charge on any atom is -0.491 e. The van der Waals surface area contributed by atoms with Crippen LogP contribution in [-0.2, 0) is 20.9 Å². The molecule has 2 aromatic carbocycles. The lowest BCUT2D eigenvalue weighted by Gasteiger charge is -2.33. The molecular weight excluding hydrogens is 511 g/mol. The summed E-state index contributed by atoms with van der Waals surface area (Å²) < 4.78 is 20.2. The van der Waals surface area contributed by atoms with Crippen molar-refractivity contribution in [3.8, 4) is 5.75 Å². The van der Waals surface area contributed by atoms with E-state index in [1.807, 2.05) is 25.1 Å². The summed E-state index contributed by atoms with van der Waals surface area (Å²) in [6.45, 7) is 3.58. The van der Waals surface area contributed by atoms with Crippen LogP contribution in [0.5, 0.6) is 5.75 Å². The first kappa shape index (κ1) is 28.0. The van der Waals surface area contributed by atoms with Crippen LogP contribution < -0.4 is 4.74 Å². The molecule has 4 rings (SSSR count). The number of hydrogen-bond acceptors (Lipinski definition) is 5. The molecule has 1 aliphatic carbocycles. The topological polar surface area (TPSA) is 87.2 Å². The van der Waals surface area contributed by atoms with Crippen LogP contribution in [0.1, 0.15) is 67.7 Å². The van der Waals surface area contributed by atoms with E-state index in [1.165, 1.54) is 17.0 Å². The summed E-state index contributed by atoms with van der Waals surface area (Å²) in [5, 5.41) is 9.72.